The molecule has 0 aromatic carbocycles. The predicted octanol–water partition coefficient (Wildman–Crippen LogP) is 4.64. The van der Waals surface area contributed by atoms with E-state index in [0.717, 1.165) is 6.42 Å². The number of hydrogen-bond acceptors (Lipinski definition) is 0. The summed E-state index contributed by atoms with van der Waals surface area (Å²) < 4.78 is 39.0. The lowest BCUT2D eigenvalue weighted by Gasteiger charge is -1.94. The van der Waals surface area contributed by atoms with Gasteiger partial charge in [-0.15, -0.1) is 0 Å². The Kier molecular flexibility index (Phi) is 11.9. The Morgan fingerprint density at radius 3 is 1.79 bits per heavy atom. The van der Waals surface area contributed by atoms with Crippen LogP contribution in [0.3, 0.4) is 0 Å². The fourth-order valence-corrected chi connectivity index (χ4v) is 0.866. The van der Waals surface area contributed by atoms with Crippen LogP contribution in [0.1, 0.15) is 45.4 Å². The van der Waals surface area contributed by atoms with Gasteiger partial charge in [0.2, 0.25) is 6.58 Å². The van der Waals surface area contributed by atoms with Gasteiger partial charge in [0.1, 0.15) is 0 Å². The molecule has 0 spiro atoms. The van der Waals surface area contributed by atoms with Gasteiger partial charge in [-0.25, -0.2) is 0 Å². The van der Waals surface area contributed by atoms with Gasteiger partial charge >= 0.3 is 7.25 Å². The molecule has 0 aliphatic heterocycles. The molecule has 0 aliphatic carbocycles. The fourth-order valence-electron chi connectivity index (χ4n) is 0.866. The van der Waals surface area contributed by atoms with Crippen molar-refractivity contribution in [2.75, 3.05) is 0 Å². The van der Waals surface area contributed by atoms with Crippen molar-refractivity contribution in [2.24, 2.45) is 0 Å². The standard InChI is InChI=1S/C9H17.BF4/c1-3-5-7-9-8-6-4-2;2-1(3,4)5/h1,3H,4-9H2,2H3;/q+1;-1. The molecule has 84 valence electrons. The number of allylic oxidation sites excluding steroid dienone is 1. The van der Waals surface area contributed by atoms with Crippen LogP contribution in [0.5, 0.6) is 0 Å². The summed E-state index contributed by atoms with van der Waals surface area (Å²) in [5.41, 5.74) is 0. The van der Waals surface area contributed by atoms with Gasteiger partial charge in [-0.3, -0.25) is 0 Å². The second kappa shape index (κ2) is 10.5. The van der Waals surface area contributed by atoms with Crippen LogP contribution in [0.15, 0.2) is 6.08 Å². The van der Waals surface area contributed by atoms with Gasteiger partial charge in [0.05, 0.1) is 0 Å². The molecule has 0 radical (unpaired) electrons. The Morgan fingerprint density at radius 2 is 1.43 bits per heavy atom. The van der Waals surface area contributed by atoms with Crippen LogP contribution >= 0.6 is 0 Å². The summed E-state index contributed by atoms with van der Waals surface area (Å²) in [5, 5.41) is 0. The van der Waals surface area contributed by atoms with Crippen LogP contribution in [0, 0.1) is 6.58 Å². The van der Waals surface area contributed by atoms with Crippen molar-refractivity contribution in [3.63, 3.8) is 0 Å². The minimum Gasteiger partial charge on any atom is -0.418 e. The maximum atomic E-state index is 9.75. The van der Waals surface area contributed by atoms with Gasteiger partial charge in [-0.1, -0.05) is 32.6 Å². The zero-order chi connectivity index (χ0) is 11.4. The van der Waals surface area contributed by atoms with Crippen molar-refractivity contribution in [1.29, 1.82) is 0 Å². The molecule has 0 saturated carbocycles. The molecule has 0 heterocycles. The second-order valence-corrected chi connectivity index (χ2v) is 2.93. The minimum atomic E-state index is -6.00. The van der Waals surface area contributed by atoms with Gasteiger partial charge in [-0.2, -0.15) is 0 Å². The summed E-state index contributed by atoms with van der Waals surface area (Å²) in [6.07, 6.45) is 9.55. The average molecular weight is 212 g/mol. The third-order valence-corrected chi connectivity index (χ3v) is 1.47. The molecule has 0 bridgehead atoms. The van der Waals surface area contributed by atoms with Crippen LogP contribution in [-0.2, 0) is 0 Å². The average Bonchev–Trinajstić information content (AvgIpc) is 2.01. The second-order valence-electron chi connectivity index (χ2n) is 2.93. The van der Waals surface area contributed by atoms with E-state index in [1.807, 2.05) is 0 Å². The highest BCUT2D eigenvalue weighted by atomic mass is 19.5. The number of rotatable bonds is 6. The molecular weight excluding hydrogens is 195 g/mol. The first kappa shape index (κ1) is 15.9. The van der Waals surface area contributed by atoms with Crippen LogP contribution in [0.25, 0.3) is 0 Å². The highest BCUT2D eigenvalue weighted by molar-refractivity contribution is 6.50. The Morgan fingerprint density at radius 1 is 1.00 bits per heavy atom. The zero-order valence-electron chi connectivity index (χ0n) is 8.49. The quantitative estimate of drug-likeness (QED) is 0.260. The van der Waals surface area contributed by atoms with Crippen molar-refractivity contribution in [1.82, 2.24) is 0 Å². The third kappa shape index (κ3) is 42.2. The maximum absolute atomic E-state index is 9.75. The van der Waals surface area contributed by atoms with Gasteiger partial charge in [-0.05, 0) is 6.42 Å². The van der Waals surface area contributed by atoms with Gasteiger partial charge in [0.15, 0.2) is 6.08 Å². The lowest BCUT2D eigenvalue weighted by molar-refractivity contribution is 0.368. The van der Waals surface area contributed by atoms with Crippen LogP contribution in [0.2, 0.25) is 0 Å². The van der Waals surface area contributed by atoms with E-state index in [9.17, 15) is 17.3 Å². The first-order valence-electron chi connectivity index (χ1n) is 4.82. The summed E-state index contributed by atoms with van der Waals surface area (Å²) >= 11 is 0. The highest BCUT2D eigenvalue weighted by Crippen LogP contribution is 2.06. The SMILES string of the molecule is F[B-](F)(F)F.[CH+]=CCCCCCCC. The molecule has 0 rings (SSSR count). The maximum Gasteiger partial charge on any atom is 0.673 e. The van der Waals surface area contributed by atoms with E-state index in [2.05, 4.69) is 6.92 Å². The van der Waals surface area contributed by atoms with Gasteiger partial charge in [0, 0.05) is 6.42 Å². The molecule has 0 nitrogen and oxygen atoms in total. The molecule has 0 fully saturated rings. The summed E-state index contributed by atoms with van der Waals surface area (Å²) in [7, 11) is -6.00. The van der Waals surface area contributed by atoms with Crippen molar-refractivity contribution in [3.05, 3.63) is 12.7 Å². The summed E-state index contributed by atoms with van der Waals surface area (Å²) in [6, 6.07) is 0. The minimum absolute atomic E-state index is 1.09. The molecular formula is C9H17BF4. The molecule has 0 atom stereocenters. The third-order valence-electron chi connectivity index (χ3n) is 1.47. The molecule has 0 unspecified atom stereocenters. The highest BCUT2D eigenvalue weighted by Gasteiger charge is 2.20. The molecule has 0 aromatic rings. The number of unbranched alkanes of at least 4 members (excludes halogenated alkanes) is 5. The van der Waals surface area contributed by atoms with Crippen molar-refractivity contribution in [3.8, 4) is 0 Å². The van der Waals surface area contributed by atoms with E-state index in [-0.39, 0.29) is 0 Å². The summed E-state index contributed by atoms with van der Waals surface area (Å²) in [5.74, 6) is 0. The van der Waals surface area contributed by atoms with Crippen LogP contribution in [0.4, 0.5) is 17.3 Å². The predicted molar refractivity (Wildman–Crippen MR) is 52.4 cm³/mol. The summed E-state index contributed by atoms with van der Waals surface area (Å²) in [4.78, 5) is 0. The number of halogens is 4. The Balaban J connectivity index is 0. The first-order valence-corrected chi connectivity index (χ1v) is 4.82. The smallest absolute Gasteiger partial charge is 0.418 e. The molecule has 0 amide bonds. The summed E-state index contributed by atoms with van der Waals surface area (Å²) in [6.45, 7) is 7.45. The normalized spacial score (nSPS) is 10.3. The van der Waals surface area contributed by atoms with E-state index < -0.39 is 7.25 Å². The van der Waals surface area contributed by atoms with Gasteiger partial charge in [0.25, 0.3) is 0 Å². The molecule has 14 heavy (non-hydrogen) atoms. The van der Waals surface area contributed by atoms with E-state index in [0.29, 0.717) is 0 Å². The zero-order valence-corrected chi connectivity index (χ0v) is 8.49. The molecule has 0 aliphatic rings. The first-order chi connectivity index (χ1) is 6.41. The topological polar surface area (TPSA) is 0 Å². The lowest BCUT2D eigenvalue weighted by atomic mass is 10.1. The Hall–Kier alpha value is -0.565. The monoisotopic (exact) mass is 212 g/mol. The van der Waals surface area contributed by atoms with E-state index >= 15 is 0 Å². The number of hydrogen-bond donors (Lipinski definition) is 0. The fraction of sp³-hybridized carbons (Fsp3) is 0.778. The molecule has 5 heteroatoms. The van der Waals surface area contributed by atoms with E-state index in [1.165, 1.54) is 32.1 Å². The largest absolute Gasteiger partial charge is 0.673 e. The Labute approximate surface area is 83.5 Å². The van der Waals surface area contributed by atoms with E-state index in [1.54, 1.807) is 6.08 Å². The van der Waals surface area contributed by atoms with Gasteiger partial charge < -0.3 is 17.3 Å². The Bertz CT molecular complexity index is 116. The van der Waals surface area contributed by atoms with Crippen molar-refractivity contribution >= 4 is 7.25 Å². The van der Waals surface area contributed by atoms with Crippen molar-refractivity contribution in [2.45, 2.75) is 45.4 Å². The molecule has 0 aromatic heterocycles. The lowest BCUT2D eigenvalue weighted by Crippen LogP contribution is -2.02. The molecule has 0 N–H and O–H groups in total. The molecule has 0 saturated heterocycles. The van der Waals surface area contributed by atoms with E-state index in [4.69, 9.17) is 6.58 Å². The van der Waals surface area contributed by atoms with Crippen LogP contribution in [-0.4, -0.2) is 7.25 Å². The van der Waals surface area contributed by atoms with Crippen LogP contribution < -0.4 is 0 Å². The van der Waals surface area contributed by atoms with Crippen molar-refractivity contribution < 1.29 is 17.3 Å².